The van der Waals surface area contributed by atoms with Crippen LogP contribution in [0.5, 0.6) is 0 Å². The number of fused-ring (bicyclic) bond motifs is 5. The summed E-state index contributed by atoms with van der Waals surface area (Å²) in [5.74, 6) is -3.79. The third-order valence-electron chi connectivity index (χ3n) is 6.95. The molecule has 3 saturated carbocycles. The third kappa shape index (κ3) is 1.92. The molecule has 23 heavy (non-hydrogen) atoms. The molecule has 0 heterocycles. The zero-order valence-corrected chi connectivity index (χ0v) is 13.9. The van der Waals surface area contributed by atoms with Gasteiger partial charge in [-0.1, -0.05) is 26.3 Å². The molecule has 0 aliphatic heterocycles. The van der Waals surface area contributed by atoms with Crippen LogP contribution >= 0.6 is 0 Å². The number of carbonyl (C=O) groups is 2. The van der Waals surface area contributed by atoms with Gasteiger partial charge in [0.05, 0.1) is 7.47 Å². The van der Waals surface area contributed by atoms with Gasteiger partial charge < -0.3 is 5.11 Å². The van der Waals surface area contributed by atoms with Crippen LogP contribution in [0, 0.1) is 34.5 Å². The van der Waals surface area contributed by atoms with Crippen molar-refractivity contribution in [1.82, 2.24) is 0 Å². The minimum absolute atomic E-state index is 0.0458. The van der Waals surface area contributed by atoms with Crippen LogP contribution in [0.1, 0.15) is 67.4 Å². The maximum atomic E-state index is 13.4. The molecule has 4 rings (SSSR count). The Labute approximate surface area is 147 Å². The number of hydrogen-bond donors (Lipinski definition) is 1. The summed E-state index contributed by atoms with van der Waals surface area (Å²) in [7, 11) is 0. The van der Waals surface area contributed by atoms with Gasteiger partial charge in [-0.25, -0.2) is 0 Å². The number of aliphatic hydroxyl groups excluding tert-OH is 1. The van der Waals surface area contributed by atoms with Gasteiger partial charge in [-0.15, -0.1) is 0 Å². The minimum atomic E-state index is -2.33. The molecule has 0 radical (unpaired) electrons. The van der Waals surface area contributed by atoms with Crippen molar-refractivity contribution in [2.75, 3.05) is 0 Å². The Bertz CT molecular complexity index is 849. The van der Waals surface area contributed by atoms with Crippen molar-refractivity contribution in [2.24, 2.45) is 34.5 Å². The van der Waals surface area contributed by atoms with E-state index in [0.717, 1.165) is 0 Å². The van der Waals surface area contributed by atoms with Crippen molar-refractivity contribution in [1.29, 1.82) is 0 Å². The van der Waals surface area contributed by atoms with Crippen LogP contribution in [0.25, 0.3) is 0 Å². The van der Waals surface area contributed by atoms with Crippen molar-refractivity contribution >= 4 is 11.6 Å². The number of rotatable bonds is 0. The van der Waals surface area contributed by atoms with Crippen molar-refractivity contribution in [3.8, 4) is 0 Å². The van der Waals surface area contributed by atoms with Crippen LogP contribution in [0.15, 0.2) is 11.6 Å². The van der Waals surface area contributed by atoms with Gasteiger partial charge in [0.1, 0.15) is 5.78 Å². The molecule has 0 aromatic heterocycles. The maximum Gasteiger partial charge on any atom is 0.155 e. The normalized spacial score (nSPS) is 64.3. The van der Waals surface area contributed by atoms with E-state index in [1.54, 1.807) is 20.8 Å². The zero-order valence-electron chi connectivity index (χ0n) is 19.9. The quantitative estimate of drug-likeness (QED) is 0.744. The number of Topliss-reactive ketones (excluding diaryl/α,β-unsaturated/α-hetero) is 1. The summed E-state index contributed by atoms with van der Waals surface area (Å²) in [6, 6.07) is -0.634. The van der Waals surface area contributed by atoms with E-state index in [4.69, 9.17) is 8.22 Å². The van der Waals surface area contributed by atoms with Crippen LogP contribution in [-0.4, -0.2) is 22.8 Å². The zero-order chi connectivity index (χ0) is 21.9. The van der Waals surface area contributed by atoms with E-state index in [9.17, 15) is 14.7 Å². The van der Waals surface area contributed by atoms with Gasteiger partial charge in [0.25, 0.3) is 0 Å². The van der Waals surface area contributed by atoms with Crippen LogP contribution in [-0.2, 0) is 9.59 Å². The lowest BCUT2D eigenvalue weighted by Crippen LogP contribution is -2.55. The molecule has 0 amide bonds. The first kappa shape index (κ1) is 10.1. The fourth-order valence-electron chi connectivity index (χ4n) is 5.75. The Morgan fingerprint density at radius 1 is 1.39 bits per heavy atom. The average Bonchev–Trinajstić information content (AvgIpc) is 2.71. The lowest BCUT2D eigenvalue weighted by Gasteiger charge is -2.56. The van der Waals surface area contributed by atoms with E-state index in [2.05, 4.69) is 0 Å². The fourth-order valence-corrected chi connectivity index (χ4v) is 5.75. The Morgan fingerprint density at radius 2 is 2.13 bits per heavy atom. The Morgan fingerprint density at radius 3 is 2.87 bits per heavy atom. The van der Waals surface area contributed by atoms with E-state index in [-0.39, 0.29) is 36.5 Å². The van der Waals surface area contributed by atoms with Crippen LogP contribution in [0.4, 0.5) is 0 Å². The second kappa shape index (κ2) is 4.78. The van der Waals surface area contributed by atoms with Gasteiger partial charge >= 0.3 is 0 Å². The molecule has 3 fully saturated rings. The van der Waals surface area contributed by atoms with Crippen molar-refractivity contribution < 1.29 is 22.9 Å². The standard InChI is InChI=1S/C20H28O3/c1-11-8-15-14-5-4-12-9-13(21)6-7-19(12,2)17(14)16(22)10-20(15,3)18(11)23/h9,11,14-15,17-18,23H,4-8,10H2,1-3H3/t11?,14?,15?,17?,18-,19?,20?/m0/s1/i4D2,6D2,9D,11D. The Hall–Kier alpha value is -0.960. The monoisotopic (exact) mass is 322 g/mol. The predicted octanol–water partition coefficient (Wildman–Crippen LogP) is 3.30. The summed E-state index contributed by atoms with van der Waals surface area (Å²) in [5.41, 5.74) is -2.14. The molecule has 0 spiro atoms. The van der Waals surface area contributed by atoms with Gasteiger partial charge in [0, 0.05) is 31.0 Å². The Balaban J connectivity index is 1.91. The SMILES string of the molecule is [2H]C1=C2C([2H])([2H])CC3C(C(=O)CC4(C)C3CC([2H])(C)[C@@H]4O)C2(C)CC([2H])([2H])C1=O. The first-order valence-electron chi connectivity index (χ1n) is 11.5. The van der Waals surface area contributed by atoms with Crippen LogP contribution in [0.3, 0.4) is 0 Å². The van der Waals surface area contributed by atoms with E-state index >= 15 is 0 Å². The highest BCUT2D eigenvalue weighted by atomic mass is 16.3. The molecule has 1 N–H and O–H groups in total. The van der Waals surface area contributed by atoms with E-state index in [0.29, 0.717) is 6.42 Å². The summed E-state index contributed by atoms with van der Waals surface area (Å²) in [5, 5.41) is 10.8. The van der Waals surface area contributed by atoms with Crippen LogP contribution < -0.4 is 0 Å². The largest absolute Gasteiger partial charge is 0.392 e. The molecule has 126 valence electrons. The van der Waals surface area contributed by atoms with Gasteiger partial charge in [-0.2, -0.15) is 0 Å². The van der Waals surface area contributed by atoms with Crippen LogP contribution in [0.2, 0.25) is 0 Å². The number of aliphatic hydroxyl groups is 1. The third-order valence-corrected chi connectivity index (χ3v) is 6.95. The number of allylic oxidation sites excluding steroid dienone is 1. The van der Waals surface area contributed by atoms with Gasteiger partial charge in [-0.05, 0) is 54.8 Å². The minimum Gasteiger partial charge on any atom is -0.392 e. The molecule has 0 saturated heterocycles. The topological polar surface area (TPSA) is 54.4 Å². The predicted molar refractivity (Wildman–Crippen MR) is 87.7 cm³/mol. The Kier molecular flexibility index (Phi) is 2.10. The summed E-state index contributed by atoms with van der Waals surface area (Å²) >= 11 is 0. The van der Waals surface area contributed by atoms with Crippen molar-refractivity contribution in [2.45, 2.75) is 65.3 Å². The molecule has 7 atom stereocenters. The highest BCUT2D eigenvalue weighted by Gasteiger charge is 2.63. The molecular formula is C20H28O3. The summed E-state index contributed by atoms with van der Waals surface area (Å²) in [6.07, 6.45) is -5.36. The molecule has 3 nitrogen and oxygen atoms in total. The molecule has 0 aromatic carbocycles. The average molecular weight is 322 g/mol. The molecule has 6 unspecified atom stereocenters. The van der Waals surface area contributed by atoms with Gasteiger partial charge in [0.2, 0.25) is 0 Å². The molecule has 4 aliphatic rings. The van der Waals surface area contributed by atoms with E-state index in [1.807, 2.05) is 0 Å². The van der Waals surface area contributed by atoms with Gasteiger partial charge in [-0.3, -0.25) is 9.59 Å². The van der Waals surface area contributed by atoms with Gasteiger partial charge in [0.15, 0.2) is 5.78 Å². The second-order valence-electron chi connectivity index (χ2n) is 8.33. The van der Waals surface area contributed by atoms with Crippen molar-refractivity contribution in [3.63, 3.8) is 0 Å². The molecule has 0 bridgehead atoms. The molecule has 4 aliphatic carbocycles. The summed E-state index contributed by atoms with van der Waals surface area (Å²) in [6.45, 7) is 5.08. The summed E-state index contributed by atoms with van der Waals surface area (Å²) < 4.78 is 50.4. The smallest absolute Gasteiger partial charge is 0.155 e. The number of carbonyl (C=O) groups excluding carboxylic acids is 2. The fraction of sp³-hybridized carbons (Fsp3) is 0.800. The number of ketones is 2. The molecule has 0 aromatic rings. The summed E-state index contributed by atoms with van der Waals surface area (Å²) in [4.78, 5) is 25.8. The van der Waals surface area contributed by atoms with E-state index < -0.39 is 59.2 Å². The lowest BCUT2D eigenvalue weighted by molar-refractivity contribution is -0.149. The number of hydrogen-bond acceptors (Lipinski definition) is 3. The highest BCUT2D eigenvalue weighted by molar-refractivity contribution is 5.93. The van der Waals surface area contributed by atoms with Crippen molar-refractivity contribution in [3.05, 3.63) is 11.6 Å². The van der Waals surface area contributed by atoms with E-state index in [1.165, 1.54) is 0 Å². The lowest BCUT2D eigenvalue weighted by atomic mass is 9.47. The highest BCUT2D eigenvalue weighted by Crippen LogP contribution is 2.64. The molecule has 3 heteroatoms. The first-order chi connectivity index (χ1) is 13.0. The molecular weight excluding hydrogens is 288 g/mol. The first-order valence-corrected chi connectivity index (χ1v) is 8.46. The maximum absolute atomic E-state index is 13.4. The second-order valence-corrected chi connectivity index (χ2v) is 8.33.